The maximum absolute atomic E-state index is 12.3. The highest BCUT2D eigenvalue weighted by atomic mass is 19.4. The smallest absolute Gasteiger partial charge is 0.405 e. The van der Waals surface area contributed by atoms with Gasteiger partial charge in [0.15, 0.2) is 11.5 Å². The van der Waals surface area contributed by atoms with Crippen molar-refractivity contribution in [2.75, 3.05) is 26.1 Å². The summed E-state index contributed by atoms with van der Waals surface area (Å²) in [6.45, 7) is -1.45. The van der Waals surface area contributed by atoms with Gasteiger partial charge in [0, 0.05) is 6.42 Å². The molecule has 2 N–H and O–H groups in total. The van der Waals surface area contributed by atoms with E-state index >= 15 is 0 Å². The normalized spacial score (nSPS) is 10.9. The lowest BCUT2D eigenvalue weighted by Crippen LogP contribution is -2.34. The van der Waals surface area contributed by atoms with E-state index in [9.17, 15) is 22.8 Å². The van der Waals surface area contributed by atoms with Gasteiger partial charge < -0.3 is 20.1 Å². The Labute approximate surface area is 166 Å². The van der Waals surface area contributed by atoms with Crippen molar-refractivity contribution in [1.82, 2.24) is 5.32 Å². The summed E-state index contributed by atoms with van der Waals surface area (Å²) < 4.78 is 47.3. The highest BCUT2D eigenvalue weighted by Crippen LogP contribution is 2.28. The quantitative estimate of drug-likeness (QED) is 0.698. The Kier molecular flexibility index (Phi) is 7.46. The third-order valence-corrected chi connectivity index (χ3v) is 3.98. The second-order valence-electron chi connectivity index (χ2n) is 6.08. The molecule has 29 heavy (non-hydrogen) atoms. The number of rotatable bonds is 8. The Hall–Kier alpha value is -3.23. The number of amides is 2. The third kappa shape index (κ3) is 6.70. The molecule has 2 rings (SSSR count). The molecule has 0 fully saturated rings. The minimum absolute atomic E-state index is 0.0452. The first-order valence-electron chi connectivity index (χ1n) is 8.68. The number of benzene rings is 2. The van der Waals surface area contributed by atoms with E-state index in [-0.39, 0.29) is 23.6 Å². The third-order valence-electron chi connectivity index (χ3n) is 3.98. The second kappa shape index (κ2) is 9.81. The van der Waals surface area contributed by atoms with Crippen molar-refractivity contribution in [3.63, 3.8) is 0 Å². The van der Waals surface area contributed by atoms with Crippen molar-refractivity contribution in [2.45, 2.75) is 19.0 Å². The number of hydrogen-bond acceptors (Lipinski definition) is 4. The van der Waals surface area contributed by atoms with E-state index in [4.69, 9.17) is 9.47 Å². The van der Waals surface area contributed by atoms with Crippen molar-refractivity contribution in [3.8, 4) is 11.5 Å². The number of hydrogen-bond donors (Lipinski definition) is 2. The fourth-order valence-corrected chi connectivity index (χ4v) is 2.57. The molecule has 0 aromatic heterocycles. The molecule has 2 amide bonds. The van der Waals surface area contributed by atoms with Crippen molar-refractivity contribution in [1.29, 1.82) is 0 Å². The maximum atomic E-state index is 12.3. The molecule has 0 aliphatic rings. The first-order chi connectivity index (χ1) is 13.7. The summed E-state index contributed by atoms with van der Waals surface area (Å²) in [5.74, 6) is -0.189. The molecule has 0 radical (unpaired) electrons. The molecular formula is C20H21F3N2O4. The van der Waals surface area contributed by atoms with Gasteiger partial charge in [0.1, 0.15) is 6.54 Å². The number of ether oxygens (including phenoxy) is 2. The van der Waals surface area contributed by atoms with Crippen LogP contribution in [0.4, 0.5) is 18.9 Å². The Morgan fingerprint density at radius 2 is 1.69 bits per heavy atom. The zero-order chi connectivity index (χ0) is 21.4. The first-order valence-corrected chi connectivity index (χ1v) is 8.68. The van der Waals surface area contributed by atoms with Crippen LogP contribution in [-0.4, -0.2) is 38.8 Å². The molecule has 0 saturated heterocycles. The lowest BCUT2D eigenvalue weighted by Gasteiger charge is -2.13. The topological polar surface area (TPSA) is 76.7 Å². The predicted octanol–water partition coefficient (Wildman–Crippen LogP) is 3.57. The second-order valence-corrected chi connectivity index (χ2v) is 6.08. The fourth-order valence-electron chi connectivity index (χ4n) is 2.57. The number of halogens is 3. The minimum atomic E-state index is -4.52. The summed E-state index contributed by atoms with van der Waals surface area (Å²) in [5.41, 5.74) is 0.940. The van der Waals surface area contributed by atoms with Gasteiger partial charge in [-0.25, -0.2) is 0 Å². The van der Waals surface area contributed by atoms with Crippen LogP contribution in [0.5, 0.6) is 11.5 Å². The van der Waals surface area contributed by atoms with E-state index in [1.54, 1.807) is 29.6 Å². The summed E-state index contributed by atoms with van der Waals surface area (Å²) in [6, 6.07) is 11.2. The molecule has 0 atom stereocenters. The van der Waals surface area contributed by atoms with E-state index < -0.39 is 18.6 Å². The number of carbonyl (C=O) groups excluding carboxylic acids is 2. The highest BCUT2D eigenvalue weighted by molar-refractivity contribution is 6.03. The van der Waals surface area contributed by atoms with Crippen molar-refractivity contribution in [3.05, 3.63) is 53.6 Å². The van der Waals surface area contributed by atoms with Crippen LogP contribution in [0.25, 0.3) is 0 Å². The van der Waals surface area contributed by atoms with Crippen molar-refractivity contribution >= 4 is 17.5 Å². The molecule has 0 spiro atoms. The molecule has 0 aliphatic carbocycles. The van der Waals surface area contributed by atoms with E-state index in [0.717, 1.165) is 5.56 Å². The molecule has 0 heterocycles. The van der Waals surface area contributed by atoms with Crippen LogP contribution >= 0.6 is 0 Å². The van der Waals surface area contributed by atoms with Gasteiger partial charge in [-0.15, -0.1) is 0 Å². The van der Waals surface area contributed by atoms with Crippen LogP contribution in [0.3, 0.4) is 0 Å². The Morgan fingerprint density at radius 3 is 2.34 bits per heavy atom. The maximum Gasteiger partial charge on any atom is 0.405 e. The van der Waals surface area contributed by atoms with E-state index in [2.05, 4.69) is 5.32 Å². The summed E-state index contributed by atoms with van der Waals surface area (Å²) >= 11 is 0. The Bertz CT molecular complexity index is 869. The molecule has 0 bridgehead atoms. The van der Waals surface area contributed by atoms with Crippen LogP contribution in [0.1, 0.15) is 22.3 Å². The number of methoxy groups -OCH3 is 2. The van der Waals surface area contributed by atoms with Gasteiger partial charge in [-0.2, -0.15) is 13.2 Å². The monoisotopic (exact) mass is 410 g/mol. The average molecular weight is 410 g/mol. The standard InChI is InChI=1S/C20H21F3N2O4/c1-28-16-9-7-13(11-17(16)29-2)8-10-18(26)25-15-6-4-3-5-14(15)19(27)24-12-20(21,22)23/h3-7,9,11H,8,10,12H2,1-2H3,(H,24,27)(H,25,26). The number of nitrogens with one attached hydrogen (secondary N) is 2. The van der Waals surface area contributed by atoms with Crippen molar-refractivity contribution < 1.29 is 32.2 Å². The molecule has 0 aliphatic heterocycles. The van der Waals surface area contributed by atoms with E-state index in [1.807, 2.05) is 0 Å². The number of carbonyl (C=O) groups is 2. The lowest BCUT2D eigenvalue weighted by atomic mass is 10.1. The molecule has 0 unspecified atom stereocenters. The Morgan fingerprint density at radius 1 is 1.00 bits per heavy atom. The zero-order valence-corrected chi connectivity index (χ0v) is 15.9. The van der Waals surface area contributed by atoms with Gasteiger partial charge in [-0.05, 0) is 36.2 Å². The average Bonchev–Trinajstić information content (AvgIpc) is 2.70. The fraction of sp³-hybridized carbons (Fsp3) is 0.300. The van der Waals surface area contributed by atoms with E-state index in [0.29, 0.717) is 17.9 Å². The molecular weight excluding hydrogens is 389 g/mol. The SMILES string of the molecule is COc1ccc(CCC(=O)Nc2ccccc2C(=O)NCC(F)(F)F)cc1OC. The lowest BCUT2D eigenvalue weighted by molar-refractivity contribution is -0.123. The van der Waals surface area contributed by atoms with E-state index in [1.165, 1.54) is 32.4 Å². The van der Waals surface area contributed by atoms with Gasteiger partial charge in [0.25, 0.3) is 5.91 Å². The molecule has 156 valence electrons. The Balaban J connectivity index is 2.00. The van der Waals surface area contributed by atoms with Gasteiger partial charge in [0.2, 0.25) is 5.91 Å². The molecule has 2 aromatic rings. The number of aryl methyl sites for hydroxylation is 1. The van der Waals surface area contributed by atoms with Crippen LogP contribution < -0.4 is 20.1 Å². The number of alkyl halides is 3. The van der Waals surface area contributed by atoms with Crippen LogP contribution in [-0.2, 0) is 11.2 Å². The van der Waals surface area contributed by atoms with Gasteiger partial charge in [-0.1, -0.05) is 18.2 Å². The summed E-state index contributed by atoms with van der Waals surface area (Å²) in [4.78, 5) is 24.3. The largest absolute Gasteiger partial charge is 0.493 e. The summed E-state index contributed by atoms with van der Waals surface area (Å²) in [5, 5.41) is 4.37. The minimum Gasteiger partial charge on any atom is -0.493 e. The molecule has 6 nitrogen and oxygen atoms in total. The summed E-state index contributed by atoms with van der Waals surface area (Å²) in [7, 11) is 3.03. The van der Waals surface area contributed by atoms with Gasteiger partial charge >= 0.3 is 6.18 Å². The summed E-state index contributed by atoms with van der Waals surface area (Å²) in [6.07, 6.45) is -4.02. The molecule has 0 saturated carbocycles. The molecule has 2 aromatic carbocycles. The molecule has 9 heteroatoms. The number of para-hydroxylation sites is 1. The zero-order valence-electron chi connectivity index (χ0n) is 15.9. The van der Waals surface area contributed by atoms with Crippen molar-refractivity contribution in [2.24, 2.45) is 0 Å². The van der Waals surface area contributed by atoms with Crippen LogP contribution in [0, 0.1) is 0 Å². The van der Waals surface area contributed by atoms with Crippen LogP contribution in [0.2, 0.25) is 0 Å². The van der Waals surface area contributed by atoms with Gasteiger partial charge in [-0.3, -0.25) is 9.59 Å². The first kappa shape index (κ1) is 22.1. The predicted molar refractivity (Wildman–Crippen MR) is 101 cm³/mol. The van der Waals surface area contributed by atoms with Crippen LogP contribution in [0.15, 0.2) is 42.5 Å². The number of anilines is 1. The van der Waals surface area contributed by atoms with Gasteiger partial charge in [0.05, 0.1) is 25.5 Å². The highest BCUT2D eigenvalue weighted by Gasteiger charge is 2.28.